The van der Waals surface area contributed by atoms with E-state index in [1.807, 2.05) is 6.07 Å². The number of nitro groups is 1. The summed E-state index contributed by atoms with van der Waals surface area (Å²) in [5, 5.41) is 21.4. The van der Waals surface area contributed by atoms with Gasteiger partial charge in [0, 0.05) is 25.1 Å². The van der Waals surface area contributed by atoms with E-state index in [2.05, 4.69) is 17.0 Å². The number of rotatable bonds is 7. The van der Waals surface area contributed by atoms with Gasteiger partial charge in [-0.3, -0.25) is 15.0 Å². The molecule has 0 saturated carbocycles. The number of nitrogens with zero attached hydrogens (tertiary/aromatic N) is 2. The predicted octanol–water partition coefficient (Wildman–Crippen LogP) is 3.33. The Bertz CT molecular complexity index is 890. The number of benzene rings is 2. The molecule has 0 amide bonds. The molecule has 0 spiro atoms. The van der Waals surface area contributed by atoms with E-state index in [0.29, 0.717) is 25.5 Å². The van der Waals surface area contributed by atoms with Crippen molar-refractivity contribution in [2.45, 2.75) is 31.4 Å². The summed E-state index contributed by atoms with van der Waals surface area (Å²) in [5.74, 6) is 1.95. The molecule has 0 radical (unpaired) electrons. The first-order valence-electron chi connectivity index (χ1n) is 10.3. The smallest absolute Gasteiger partial charge is 0.273 e. The van der Waals surface area contributed by atoms with Gasteiger partial charge in [0.05, 0.1) is 24.2 Å². The first-order chi connectivity index (χ1) is 14.6. The van der Waals surface area contributed by atoms with Gasteiger partial charge in [-0.1, -0.05) is 12.1 Å². The van der Waals surface area contributed by atoms with E-state index in [1.54, 1.807) is 12.1 Å². The van der Waals surface area contributed by atoms with Crippen LogP contribution in [0, 0.1) is 10.1 Å². The zero-order valence-corrected chi connectivity index (χ0v) is 16.7. The van der Waals surface area contributed by atoms with Crippen LogP contribution in [-0.4, -0.2) is 53.9 Å². The van der Waals surface area contributed by atoms with Gasteiger partial charge in [0.2, 0.25) is 0 Å². The summed E-state index contributed by atoms with van der Waals surface area (Å²) >= 11 is 0. The van der Waals surface area contributed by atoms with Crippen molar-refractivity contribution in [3.8, 4) is 17.2 Å². The molecule has 0 aliphatic carbocycles. The van der Waals surface area contributed by atoms with Crippen molar-refractivity contribution in [1.29, 1.82) is 0 Å². The number of nitro benzene ring substituents is 1. The van der Waals surface area contributed by atoms with Gasteiger partial charge in [0.1, 0.15) is 18.5 Å². The summed E-state index contributed by atoms with van der Waals surface area (Å²) in [4.78, 5) is 12.7. The third-order valence-electron chi connectivity index (χ3n) is 5.44. The van der Waals surface area contributed by atoms with E-state index < -0.39 is 11.0 Å². The van der Waals surface area contributed by atoms with Crippen LogP contribution in [0.1, 0.15) is 30.9 Å². The van der Waals surface area contributed by atoms with Crippen LogP contribution in [0.4, 0.5) is 5.69 Å². The summed E-state index contributed by atoms with van der Waals surface area (Å²) in [6.07, 6.45) is 2.23. The van der Waals surface area contributed by atoms with Gasteiger partial charge < -0.3 is 19.3 Å². The summed E-state index contributed by atoms with van der Waals surface area (Å²) in [7, 11) is 0. The van der Waals surface area contributed by atoms with Crippen LogP contribution >= 0.6 is 0 Å². The monoisotopic (exact) mass is 414 g/mol. The Hall–Kier alpha value is -2.84. The van der Waals surface area contributed by atoms with Crippen molar-refractivity contribution in [2.75, 3.05) is 32.9 Å². The molecule has 1 N–H and O–H groups in total. The maximum Gasteiger partial charge on any atom is 0.273 e. The van der Waals surface area contributed by atoms with E-state index in [-0.39, 0.29) is 18.3 Å². The van der Waals surface area contributed by atoms with Crippen LogP contribution in [-0.2, 0) is 0 Å². The van der Waals surface area contributed by atoms with Crippen LogP contribution in [0.3, 0.4) is 0 Å². The fourth-order valence-corrected chi connectivity index (χ4v) is 4.01. The molecule has 2 aliphatic rings. The van der Waals surface area contributed by atoms with Gasteiger partial charge in [-0.2, -0.15) is 0 Å². The second kappa shape index (κ2) is 9.32. The molecule has 1 saturated heterocycles. The number of aliphatic hydroxyl groups excluding tert-OH is 1. The number of β-amino-alcohol motifs (C(OH)–C–C–N with tert-alkyl or cyclic N) is 1. The van der Waals surface area contributed by atoms with Crippen molar-refractivity contribution < 1.29 is 24.2 Å². The molecule has 2 unspecified atom stereocenters. The SMILES string of the molecule is O=[N+]([O-])c1cccc(OCC(O)CN2CCCC2c2ccc3c(c2)OCCCO3)c1. The molecule has 30 heavy (non-hydrogen) atoms. The average molecular weight is 414 g/mol. The zero-order chi connectivity index (χ0) is 20.9. The molecule has 2 heterocycles. The Labute approximate surface area is 175 Å². The van der Waals surface area contributed by atoms with Crippen LogP contribution < -0.4 is 14.2 Å². The molecule has 2 aromatic carbocycles. The Morgan fingerprint density at radius 1 is 1.17 bits per heavy atom. The third-order valence-corrected chi connectivity index (χ3v) is 5.44. The summed E-state index contributed by atoms with van der Waals surface area (Å²) in [5.41, 5.74) is 1.12. The minimum Gasteiger partial charge on any atom is -0.491 e. The van der Waals surface area contributed by atoms with Gasteiger partial charge in [-0.15, -0.1) is 0 Å². The van der Waals surface area contributed by atoms with Crippen molar-refractivity contribution >= 4 is 5.69 Å². The van der Waals surface area contributed by atoms with Gasteiger partial charge in [0.25, 0.3) is 5.69 Å². The lowest BCUT2D eigenvalue weighted by atomic mass is 10.0. The highest BCUT2D eigenvalue weighted by Gasteiger charge is 2.28. The highest BCUT2D eigenvalue weighted by Crippen LogP contribution is 2.37. The molecular weight excluding hydrogens is 388 g/mol. The van der Waals surface area contributed by atoms with E-state index in [0.717, 1.165) is 42.9 Å². The molecule has 1 fully saturated rings. The van der Waals surface area contributed by atoms with Crippen molar-refractivity contribution in [1.82, 2.24) is 4.90 Å². The summed E-state index contributed by atoms with van der Waals surface area (Å²) < 4.78 is 17.1. The molecule has 4 rings (SSSR count). The Morgan fingerprint density at radius 2 is 2.00 bits per heavy atom. The molecule has 2 aliphatic heterocycles. The van der Waals surface area contributed by atoms with Crippen molar-refractivity contribution in [3.05, 3.63) is 58.1 Å². The molecule has 0 aromatic heterocycles. The van der Waals surface area contributed by atoms with Gasteiger partial charge >= 0.3 is 0 Å². The number of non-ortho nitro benzene ring substituents is 1. The number of aliphatic hydroxyl groups is 1. The molecule has 8 nitrogen and oxygen atoms in total. The maximum absolute atomic E-state index is 10.9. The fourth-order valence-electron chi connectivity index (χ4n) is 4.01. The third kappa shape index (κ3) is 4.83. The number of likely N-dealkylation sites (tertiary alicyclic amines) is 1. The van der Waals surface area contributed by atoms with Gasteiger partial charge in [-0.05, 0) is 43.1 Å². The topological polar surface area (TPSA) is 94.3 Å². The van der Waals surface area contributed by atoms with Crippen molar-refractivity contribution in [2.24, 2.45) is 0 Å². The minimum atomic E-state index is -0.703. The summed E-state index contributed by atoms with van der Waals surface area (Å²) in [6.45, 7) is 2.75. The second-order valence-corrected chi connectivity index (χ2v) is 7.63. The molecule has 0 bridgehead atoms. The lowest BCUT2D eigenvalue weighted by Gasteiger charge is -2.27. The Morgan fingerprint density at radius 3 is 2.83 bits per heavy atom. The van der Waals surface area contributed by atoms with E-state index in [9.17, 15) is 15.2 Å². The number of ether oxygens (including phenoxy) is 3. The van der Waals surface area contributed by atoms with Crippen LogP contribution in [0.15, 0.2) is 42.5 Å². The van der Waals surface area contributed by atoms with E-state index >= 15 is 0 Å². The molecule has 8 heteroatoms. The predicted molar refractivity (Wildman–Crippen MR) is 110 cm³/mol. The average Bonchev–Trinajstić information content (AvgIpc) is 3.07. The fraction of sp³-hybridized carbons (Fsp3) is 0.455. The Kier molecular flexibility index (Phi) is 6.35. The largest absolute Gasteiger partial charge is 0.491 e. The van der Waals surface area contributed by atoms with Crippen molar-refractivity contribution in [3.63, 3.8) is 0 Å². The first-order valence-corrected chi connectivity index (χ1v) is 10.3. The maximum atomic E-state index is 10.9. The molecule has 160 valence electrons. The number of hydrogen-bond donors (Lipinski definition) is 1. The standard InChI is InChI=1S/C22H26N2O6/c25-18(15-30-19-5-1-4-17(13-19)24(26)27)14-23-9-2-6-20(23)16-7-8-21-22(12-16)29-11-3-10-28-21/h1,4-5,7-8,12-13,18,20,25H,2-3,6,9-11,14-15H2. The zero-order valence-electron chi connectivity index (χ0n) is 16.7. The highest BCUT2D eigenvalue weighted by molar-refractivity contribution is 5.44. The van der Waals surface area contributed by atoms with Gasteiger partial charge in [0.15, 0.2) is 11.5 Å². The van der Waals surface area contributed by atoms with Crippen LogP contribution in [0.2, 0.25) is 0 Å². The second-order valence-electron chi connectivity index (χ2n) is 7.63. The molecular formula is C22H26N2O6. The molecule has 2 aromatic rings. The van der Waals surface area contributed by atoms with E-state index in [1.165, 1.54) is 12.1 Å². The normalized spacial score (nSPS) is 19.8. The minimum absolute atomic E-state index is 0.0315. The van der Waals surface area contributed by atoms with E-state index in [4.69, 9.17) is 14.2 Å². The van der Waals surface area contributed by atoms with Gasteiger partial charge in [-0.25, -0.2) is 0 Å². The quantitative estimate of drug-likeness (QED) is 0.548. The first kappa shape index (κ1) is 20.4. The number of hydrogen-bond acceptors (Lipinski definition) is 7. The lowest BCUT2D eigenvalue weighted by Crippen LogP contribution is -2.35. The van der Waals surface area contributed by atoms with Crippen LogP contribution in [0.25, 0.3) is 0 Å². The Balaban J connectivity index is 1.36. The number of fused-ring (bicyclic) bond motifs is 1. The summed E-state index contributed by atoms with van der Waals surface area (Å²) in [6, 6.07) is 12.3. The lowest BCUT2D eigenvalue weighted by molar-refractivity contribution is -0.384. The highest BCUT2D eigenvalue weighted by atomic mass is 16.6. The van der Waals surface area contributed by atoms with Crippen LogP contribution in [0.5, 0.6) is 17.2 Å². The molecule has 2 atom stereocenters.